The average Bonchev–Trinajstić information content (AvgIpc) is 2.10. The summed E-state index contributed by atoms with van der Waals surface area (Å²) in [6, 6.07) is 0. The molecule has 0 aromatic carbocycles. The molecule has 0 nitrogen and oxygen atoms in total. The Kier molecular flexibility index (Phi) is 19.3. The van der Waals surface area contributed by atoms with E-state index >= 15 is 0 Å². The molecule has 0 saturated carbocycles. The first kappa shape index (κ1) is 16.3. The molecule has 0 saturated heterocycles. The van der Waals surface area contributed by atoms with E-state index in [0.717, 1.165) is 0 Å². The third-order valence-electron chi connectivity index (χ3n) is 2.46. The van der Waals surface area contributed by atoms with Crippen molar-refractivity contribution in [3.8, 4) is 0 Å². The van der Waals surface area contributed by atoms with Crippen molar-refractivity contribution >= 4 is 26.2 Å². The molecule has 0 aromatic heterocycles. The predicted molar refractivity (Wildman–Crippen MR) is 63.3 cm³/mol. The molecule has 0 aliphatic carbocycles. The van der Waals surface area contributed by atoms with Crippen molar-refractivity contribution in [2.24, 2.45) is 0 Å². The quantitative estimate of drug-likeness (QED) is 0.407. The standard InChI is InChI=1S/C12H26.Bi/c1-3-5-7-9-11-12-10-8-6-4-2;/h3-12H2,1-2H3;. The van der Waals surface area contributed by atoms with Gasteiger partial charge in [-0.3, -0.25) is 0 Å². The van der Waals surface area contributed by atoms with E-state index < -0.39 is 0 Å². The molecule has 13 heavy (non-hydrogen) atoms. The van der Waals surface area contributed by atoms with E-state index in [1.54, 1.807) is 0 Å². The zero-order valence-corrected chi connectivity index (χ0v) is 13.0. The summed E-state index contributed by atoms with van der Waals surface area (Å²) in [5.74, 6) is 0. The zero-order valence-electron chi connectivity index (χ0n) is 9.52. The number of unbranched alkanes of at least 4 members (excludes halogenated alkanes) is 9. The Hall–Kier alpha value is 0.883. The monoisotopic (exact) mass is 379 g/mol. The Labute approximate surface area is 104 Å². The fourth-order valence-corrected chi connectivity index (χ4v) is 1.56. The van der Waals surface area contributed by atoms with Crippen LogP contribution in [0.3, 0.4) is 0 Å². The van der Waals surface area contributed by atoms with Crippen LogP contribution in [0, 0.1) is 0 Å². The van der Waals surface area contributed by atoms with Crippen molar-refractivity contribution in [2.45, 2.75) is 78.1 Å². The number of rotatable bonds is 9. The van der Waals surface area contributed by atoms with Gasteiger partial charge < -0.3 is 0 Å². The van der Waals surface area contributed by atoms with E-state index in [9.17, 15) is 0 Å². The molecule has 79 valence electrons. The van der Waals surface area contributed by atoms with Crippen LogP contribution in [0.4, 0.5) is 0 Å². The van der Waals surface area contributed by atoms with Gasteiger partial charge in [-0.25, -0.2) is 0 Å². The van der Waals surface area contributed by atoms with Crippen LogP contribution in [0.25, 0.3) is 0 Å². The van der Waals surface area contributed by atoms with Gasteiger partial charge in [0.2, 0.25) is 0 Å². The molecular formula is C12H26Bi. The fourth-order valence-electron chi connectivity index (χ4n) is 1.56. The number of hydrogen-bond donors (Lipinski definition) is 0. The molecule has 0 amide bonds. The summed E-state index contributed by atoms with van der Waals surface area (Å²) >= 11 is 0. The molecule has 0 atom stereocenters. The Balaban J connectivity index is 0. The number of hydrogen-bond acceptors (Lipinski definition) is 0. The van der Waals surface area contributed by atoms with Crippen LogP contribution < -0.4 is 0 Å². The maximum absolute atomic E-state index is 2.28. The Morgan fingerprint density at radius 3 is 0.923 bits per heavy atom. The van der Waals surface area contributed by atoms with E-state index in [0.29, 0.717) is 0 Å². The molecule has 0 aliphatic rings. The SMILES string of the molecule is CCCCCCCCCCCC.[Bi]. The second kappa shape index (κ2) is 15.4. The molecule has 1 heteroatoms. The minimum atomic E-state index is 0. The molecule has 0 N–H and O–H groups in total. The molecule has 0 spiro atoms. The summed E-state index contributed by atoms with van der Waals surface area (Å²) in [6.07, 6.45) is 14.4. The van der Waals surface area contributed by atoms with Gasteiger partial charge in [-0.05, 0) is 0 Å². The summed E-state index contributed by atoms with van der Waals surface area (Å²) in [6.45, 7) is 4.56. The maximum atomic E-state index is 2.28. The van der Waals surface area contributed by atoms with Crippen LogP contribution in [0.2, 0.25) is 0 Å². The van der Waals surface area contributed by atoms with Gasteiger partial charge in [0.1, 0.15) is 0 Å². The van der Waals surface area contributed by atoms with Gasteiger partial charge in [-0.15, -0.1) is 0 Å². The predicted octanol–water partition coefficient (Wildman–Crippen LogP) is 4.55. The molecule has 0 aromatic rings. The van der Waals surface area contributed by atoms with Gasteiger partial charge in [0.25, 0.3) is 0 Å². The zero-order chi connectivity index (χ0) is 9.07. The summed E-state index contributed by atoms with van der Waals surface area (Å²) < 4.78 is 0. The second-order valence-electron chi connectivity index (χ2n) is 3.83. The van der Waals surface area contributed by atoms with E-state index in [1.807, 2.05) is 0 Å². The van der Waals surface area contributed by atoms with Gasteiger partial charge in [-0.2, -0.15) is 0 Å². The third-order valence-corrected chi connectivity index (χ3v) is 2.46. The normalized spacial score (nSPS) is 9.69. The summed E-state index contributed by atoms with van der Waals surface area (Å²) in [5, 5.41) is 0. The molecular weight excluding hydrogens is 353 g/mol. The molecule has 0 bridgehead atoms. The first-order valence-corrected chi connectivity index (χ1v) is 5.91. The molecule has 0 rings (SSSR count). The Morgan fingerprint density at radius 2 is 0.692 bits per heavy atom. The van der Waals surface area contributed by atoms with Crippen LogP contribution >= 0.6 is 0 Å². The van der Waals surface area contributed by atoms with Gasteiger partial charge in [0.15, 0.2) is 0 Å². The van der Waals surface area contributed by atoms with Crippen molar-refractivity contribution < 1.29 is 0 Å². The summed E-state index contributed by atoms with van der Waals surface area (Å²) in [5.41, 5.74) is 0. The minimum absolute atomic E-state index is 0. The van der Waals surface area contributed by atoms with E-state index in [4.69, 9.17) is 0 Å². The van der Waals surface area contributed by atoms with Crippen molar-refractivity contribution in [3.05, 3.63) is 0 Å². The van der Waals surface area contributed by atoms with Crippen LogP contribution in [0.15, 0.2) is 0 Å². The topological polar surface area (TPSA) is 0 Å². The van der Waals surface area contributed by atoms with Crippen LogP contribution in [0.1, 0.15) is 78.1 Å². The van der Waals surface area contributed by atoms with Gasteiger partial charge >= 0.3 is 0 Å². The van der Waals surface area contributed by atoms with Crippen molar-refractivity contribution in [3.63, 3.8) is 0 Å². The first-order chi connectivity index (χ1) is 5.91. The smallest absolute Gasteiger partial charge is 0 e. The second-order valence-corrected chi connectivity index (χ2v) is 3.83. The van der Waals surface area contributed by atoms with E-state index in [1.165, 1.54) is 64.2 Å². The van der Waals surface area contributed by atoms with E-state index in [2.05, 4.69) is 13.8 Å². The van der Waals surface area contributed by atoms with Crippen LogP contribution in [0.5, 0.6) is 0 Å². The maximum Gasteiger partial charge on any atom is 0 e. The van der Waals surface area contributed by atoms with Gasteiger partial charge in [0.05, 0.1) is 0 Å². The minimum Gasteiger partial charge on any atom is -0.0654 e. The van der Waals surface area contributed by atoms with Crippen molar-refractivity contribution in [1.82, 2.24) is 0 Å². The van der Waals surface area contributed by atoms with Gasteiger partial charge in [-0.1, -0.05) is 78.1 Å². The Bertz CT molecular complexity index is 61.5. The van der Waals surface area contributed by atoms with Crippen LogP contribution in [-0.4, -0.2) is 26.2 Å². The summed E-state index contributed by atoms with van der Waals surface area (Å²) in [7, 11) is 0. The van der Waals surface area contributed by atoms with Crippen LogP contribution in [-0.2, 0) is 0 Å². The molecule has 0 heterocycles. The molecule has 3 radical (unpaired) electrons. The fraction of sp³-hybridized carbons (Fsp3) is 1.00. The molecule has 0 fully saturated rings. The summed E-state index contributed by atoms with van der Waals surface area (Å²) in [4.78, 5) is 0. The molecule has 0 unspecified atom stereocenters. The van der Waals surface area contributed by atoms with E-state index in [-0.39, 0.29) is 26.2 Å². The average molecular weight is 379 g/mol. The van der Waals surface area contributed by atoms with Crippen molar-refractivity contribution in [2.75, 3.05) is 0 Å². The first-order valence-electron chi connectivity index (χ1n) is 5.91. The largest absolute Gasteiger partial charge is 0.0654 e. The van der Waals surface area contributed by atoms with Crippen molar-refractivity contribution in [1.29, 1.82) is 0 Å². The van der Waals surface area contributed by atoms with Gasteiger partial charge in [0, 0.05) is 26.2 Å². The molecule has 0 aliphatic heterocycles. The Morgan fingerprint density at radius 1 is 0.462 bits per heavy atom. The third kappa shape index (κ3) is 15.6.